The lowest BCUT2D eigenvalue weighted by atomic mass is 9.94. The van der Waals surface area contributed by atoms with Gasteiger partial charge < -0.3 is 9.47 Å². The number of halogens is 5. The zero-order valence-corrected chi connectivity index (χ0v) is 19.7. The number of aromatic nitrogens is 3. The summed E-state index contributed by atoms with van der Waals surface area (Å²) in [4.78, 5) is 2.44. The molecule has 0 amide bonds. The second-order valence-electron chi connectivity index (χ2n) is 9.33. The molecule has 4 nitrogen and oxygen atoms in total. The van der Waals surface area contributed by atoms with E-state index in [1.165, 1.54) is 24.3 Å². The summed E-state index contributed by atoms with van der Waals surface area (Å²) in [5.74, 6) is 1.90. The zero-order chi connectivity index (χ0) is 23.2. The Morgan fingerprint density at radius 3 is 2.38 bits per heavy atom. The summed E-state index contributed by atoms with van der Waals surface area (Å²) < 4.78 is 53.7. The van der Waals surface area contributed by atoms with Gasteiger partial charge in [0.05, 0.1) is 5.56 Å². The highest BCUT2D eigenvalue weighted by atomic mass is 35.5. The molecule has 0 bridgehead atoms. The quantitative estimate of drug-likeness (QED) is 0.314. The number of piperidine rings is 1. The maximum atomic E-state index is 13.2. The van der Waals surface area contributed by atoms with Crippen molar-refractivity contribution in [1.29, 1.82) is 0 Å². The van der Waals surface area contributed by atoms with Crippen LogP contribution in [0, 0.1) is 11.7 Å². The maximum absolute atomic E-state index is 13.2. The van der Waals surface area contributed by atoms with E-state index in [9.17, 15) is 17.6 Å². The first-order chi connectivity index (χ1) is 15.8. The fourth-order valence-electron chi connectivity index (χ4n) is 5.24. The van der Waals surface area contributed by atoms with Crippen LogP contribution in [0.4, 0.5) is 17.6 Å². The fourth-order valence-corrected chi connectivity index (χ4v) is 5.24. The van der Waals surface area contributed by atoms with Crippen molar-refractivity contribution in [3.05, 3.63) is 71.3 Å². The van der Waals surface area contributed by atoms with E-state index in [4.69, 9.17) is 0 Å². The largest absolute Gasteiger partial charge is 0.416 e. The number of hydrogen-bond acceptors (Lipinski definition) is 3. The molecule has 1 saturated heterocycles. The molecule has 9 heteroatoms. The molecule has 2 aliphatic rings. The average Bonchev–Trinajstić information content (AvgIpc) is 3.16. The molecule has 34 heavy (non-hydrogen) atoms. The summed E-state index contributed by atoms with van der Waals surface area (Å²) in [7, 11) is 1.93. The number of likely N-dealkylation sites (tertiary alicyclic amines) is 1. The van der Waals surface area contributed by atoms with Crippen molar-refractivity contribution in [2.24, 2.45) is 13.0 Å². The number of benzene rings is 2. The molecule has 2 heterocycles. The Labute approximate surface area is 202 Å². The number of aryl methyl sites for hydroxylation is 1. The summed E-state index contributed by atoms with van der Waals surface area (Å²) in [5, 5.41) is 8.56. The standard InChI is InChI=1S/C25H26F4N4.ClH/c1-32-22(30-31-23(32)17-5-11-21(26)12-6-17)4-2-3-13-33-15-20-14-24(20,16-33)18-7-9-19(10-8-18)25(27,28)29;/h5-12,20H,2-4,13-16H2,1H3;1H/t20-,24+;/m0./s1. The van der Waals surface area contributed by atoms with Gasteiger partial charge in [-0.05, 0) is 73.7 Å². The smallest absolute Gasteiger partial charge is 0.314 e. The second kappa shape index (κ2) is 9.30. The van der Waals surface area contributed by atoms with Gasteiger partial charge in [-0.15, -0.1) is 22.6 Å². The van der Waals surface area contributed by atoms with E-state index in [0.717, 1.165) is 68.1 Å². The summed E-state index contributed by atoms with van der Waals surface area (Å²) in [5.41, 5.74) is 1.33. The molecule has 3 aromatic rings. The van der Waals surface area contributed by atoms with Crippen LogP contribution in [0.1, 0.15) is 36.2 Å². The molecule has 2 aromatic carbocycles. The van der Waals surface area contributed by atoms with Crippen LogP contribution in [0.15, 0.2) is 48.5 Å². The Bertz CT molecular complexity index is 1130. The van der Waals surface area contributed by atoms with Gasteiger partial charge in [0, 0.05) is 37.5 Å². The first kappa shape index (κ1) is 24.7. The van der Waals surface area contributed by atoms with Crippen LogP contribution in [-0.2, 0) is 25.1 Å². The van der Waals surface area contributed by atoms with Crippen LogP contribution in [0.25, 0.3) is 11.4 Å². The SMILES string of the molecule is Cl.Cn1c(CCCCN2C[C@@H]3C[C@]3(c3ccc(C(F)(F)F)cc3)C2)nnc1-c1ccc(F)cc1. The normalized spacial score (nSPS) is 21.9. The van der Waals surface area contributed by atoms with Crippen LogP contribution in [0.2, 0.25) is 0 Å². The first-order valence-electron chi connectivity index (χ1n) is 11.3. The van der Waals surface area contributed by atoms with Gasteiger partial charge in [0.2, 0.25) is 0 Å². The van der Waals surface area contributed by atoms with Crippen LogP contribution in [0.5, 0.6) is 0 Å². The van der Waals surface area contributed by atoms with E-state index in [0.29, 0.717) is 5.92 Å². The lowest BCUT2D eigenvalue weighted by Crippen LogP contribution is -2.27. The lowest BCUT2D eigenvalue weighted by molar-refractivity contribution is -0.137. The van der Waals surface area contributed by atoms with Gasteiger partial charge in [0.15, 0.2) is 5.82 Å². The minimum Gasteiger partial charge on any atom is -0.314 e. The molecule has 1 aliphatic heterocycles. The Balaban J connectivity index is 0.00000274. The molecule has 2 fully saturated rings. The van der Waals surface area contributed by atoms with E-state index in [1.807, 2.05) is 11.6 Å². The highest BCUT2D eigenvalue weighted by molar-refractivity contribution is 5.85. The highest BCUT2D eigenvalue weighted by Crippen LogP contribution is 2.59. The Morgan fingerprint density at radius 2 is 1.71 bits per heavy atom. The number of nitrogens with zero attached hydrogens (tertiary/aromatic N) is 4. The van der Waals surface area contributed by atoms with Crippen molar-refractivity contribution in [2.75, 3.05) is 19.6 Å². The van der Waals surface area contributed by atoms with E-state index in [2.05, 4.69) is 15.1 Å². The van der Waals surface area contributed by atoms with Gasteiger partial charge in [-0.2, -0.15) is 13.2 Å². The third-order valence-corrected chi connectivity index (χ3v) is 7.20. The Kier molecular flexibility index (Phi) is 6.75. The molecule has 2 atom stereocenters. The molecule has 0 spiro atoms. The molecule has 0 unspecified atom stereocenters. The van der Waals surface area contributed by atoms with E-state index in [-0.39, 0.29) is 23.6 Å². The van der Waals surface area contributed by atoms with E-state index >= 15 is 0 Å². The van der Waals surface area contributed by atoms with Crippen molar-refractivity contribution in [3.8, 4) is 11.4 Å². The first-order valence-corrected chi connectivity index (χ1v) is 11.3. The van der Waals surface area contributed by atoms with Crippen LogP contribution < -0.4 is 0 Å². The Morgan fingerprint density at radius 1 is 1.00 bits per heavy atom. The molecular formula is C25H27ClF4N4. The second-order valence-corrected chi connectivity index (χ2v) is 9.33. The van der Waals surface area contributed by atoms with Gasteiger partial charge >= 0.3 is 6.18 Å². The topological polar surface area (TPSA) is 34.0 Å². The van der Waals surface area contributed by atoms with Crippen molar-refractivity contribution < 1.29 is 17.6 Å². The molecule has 182 valence electrons. The Hall–Kier alpha value is -2.45. The highest BCUT2D eigenvalue weighted by Gasteiger charge is 2.60. The van der Waals surface area contributed by atoms with Crippen molar-refractivity contribution in [2.45, 2.75) is 37.3 Å². The predicted molar refractivity (Wildman–Crippen MR) is 124 cm³/mol. The van der Waals surface area contributed by atoms with Gasteiger partial charge in [0.25, 0.3) is 0 Å². The van der Waals surface area contributed by atoms with Crippen LogP contribution in [-0.4, -0.2) is 39.3 Å². The summed E-state index contributed by atoms with van der Waals surface area (Å²) >= 11 is 0. The molecule has 5 rings (SSSR count). The third kappa shape index (κ3) is 4.70. The van der Waals surface area contributed by atoms with Gasteiger partial charge in [-0.1, -0.05) is 12.1 Å². The fraction of sp³-hybridized carbons (Fsp3) is 0.440. The molecule has 1 aromatic heterocycles. The molecule has 0 N–H and O–H groups in total. The minimum absolute atomic E-state index is 0. The monoisotopic (exact) mass is 494 g/mol. The lowest BCUT2D eigenvalue weighted by Gasteiger charge is -2.21. The van der Waals surface area contributed by atoms with Crippen molar-refractivity contribution >= 4 is 12.4 Å². The average molecular weight is 495 g/mol. The number of hydrogen-bond donors (Lipinski definition) is 0. The molecule has 0 radical (unpaired) electrons. The summed E-state index contributed by atoms with van der Waals surface area (Å²) in [6, 6.07) is 12.0. The van der Waals surface area contributed by atoms with E-state index < -0.39 is 11.7 Å². The van der Waals surface area contributed by atoms with Gasteiger partial charge in [0.1, 0.15) is 11.6 Å². The molecule has 1 saturated carbocycles. The van der Waals surface area contributed by atoms with E-state index in [1.54, 1.807) is 24.3 Å². The number of alkyl halides is 3. The minimum atomic E-state index is -4.29. The maximum Gasteiger partial charge on any atom is 0.416 e. The van der Waals surface area contributed by atoms with Crippen LogP contribution in [0.3, 0.4) is 0 Å². The number of unbranched alkanes of at least 4 members (excludes halogenated alkanes) is 1. The zero-order valence-electron chi connectivity index (χ0n) is 18.9. The number of fused-ring (bicyclic) bond motifs is 1. The van der Waals surface area contributed by atoms with Gasteiger partial charge in [-0.3, -0.25) is 0 Å². The van der Waals surface area contributed by atoms with Crippen molar-refractivity contribution in [3.63, 3.8) is 0 Å². The molecule has 1 aliphatic carbocycles. The predicted octanol–water partition coefficient (Wildman–Crippen LogP) is 5.66. The van der Waals surface area contributed by atoms with Crippen LogP contribution >= 0.6 is 12.4 Å². The molecular weight excluding hydrogens is 468 g/mol. The summed E-state index contributed by atoms with van der Waals surface area (Å²) in [6.07, 6.45) is -0.409. The summed E-state index contributed by atoms with van der Waals surface area (Å²) in [6.45, 7) is 2.91. The third-order valence-electron chi connectivity index (χ3n) is 7.20. The number of rotatable bonds is 7. The van der Waals surface area contributed by atoms with Gasteiger partial charge in [-0.25, -0.2) is 4.39 Å². The van der Waals surface area contributed by atoms with Crippen molar-refractivity contribution in [1.82, 2.24) is 19.7 Å².